The molecule has 3 aromatic rings. The van der Waals surface area contributed by atoms with Crippen molar-refractivity contribution < 1.29 is 46.1 Å². The molecule has 0 atom stereocenters. The van der Waals surface area contributed by atoms with Crippen molar-refractivity contribution in [3.05, 3.63) is 93.0 Å². The molecule has 48 heavy (non-hydrogen) atoms. The van der Waals surface area contributed by atoms with Gasteiger partial charge in [-0.05, 0) is 85.3 Å². The number of likely N-dealkylation sites (tertiary alicyclic amines) is 2. The summed E-state index contributed by atoms with van der Waals surface area (Å²) in [5.41, 5.74) is -4.29. The fourth-order valence-electron chi connectivity index (χ4n) is 5.84. The van der Waals surface area contributed by atoms with Crippen LogP contribution in [-0.4, -0.2) is 58.3 Å². The maximum absolute atomic E-state index is 13.3. The standard InChI is InChI=1S/C32H30Cl2F6N4O4/c33-25-7-1-19(17-23(25)31(35,36)37)29(47)9-13-43(14-10-29)27(45)41-21-3-5-22(6-4-21)42-28(46)44-15-11-30(48,12-16-44)20-2-8-26(34)24(18-20)32(38,39)40/h1-8,17-18,47-48H,9-16H2,(H,41,45)(H,42,46). The van der Waals surface area contributed by atoms with Crippen LogP contribution in [-0.2, 0) is 23.6 Å². The number of aliphatic hydroxyl groups is 2. The van der Waals surface area contributed by atoms with Crippen LogP contribution in [0.5, 0.6) is 0 Å². The highest BCUT2D eigenvalue weighted by molar-refractivity contribution is 6.31. The largest absolute Gasteiger partial charge is 0.417 e. The third-order valence-corrected chi connectivity index (χ3v) is 9.42. The van der Waals surface area contributed by atoms with Gasteiger partial charge in [-0.2, -0.15) is 26.3 Å². The molecule has 0 aromatic heterocycles. The van der Waals surface area contributed by atoms with Crippen molar-refractivity contribution >= 4 is 46.6 Å². The number of carbonyl (C=O) groups excluding carboxylic acids is 2. The molecule has 2 heterocycles. The number of nitrogens with one attached hydrogen (secondary N) is 2. The van der Waals surface area contributed by atoms with E-state index >= 15 is 0 Å². The third-order valence-electron chi connectivity index (χ3n) is 8.76. The van der Waals surface area contributed by atoms with Crippen molar-refractivity contribution in [1.82, 2.24) is 9.80 Å². The molecular formula is C32H30Cl2F6N4O4. The summed E-state index contributed by atoms with van der Waals surface area (Å²) in [4.78, 5) is 28.6. The lowest BCUT2D eigenvalue weighted by Gasteiger charge is -2.39. The summed E-state index contributed by atoms with van der Waals surface area (Å²) < 4.78 is 79.8. The molecule has 258 valence electrons. The molecule has 4 amide bonds. The molecule has 0 bridgehead atoms. The zero-order valence-electron chi connectivity index (χ0n) is 25.1. The number of carbonyl (C=O) groups is 2. The summed E-state index contributed by atoms with van der Waals surface area (Å²) >= 11 is 11.4. The number of amides is 4. The third kappa shape index (κ3) is 7.77. The summed E-state index contributed by atoms with van der Waals surface area (Å²) in [5.74, 6) is 0. The smallest absolute Gasteiger partial charge is 0.385 e. The molecule has 0 spiro atoms. The van der Waals surface area contributed by atoms with Gasteiger partial charge in [-0.15, -0.1) is 0 Å². The van der Waals surface area contributed by atoms with E-state index in [1.165, 1.54) is 21.9 Å². The van der Waals surface area contributed by atoms with E-state index in [0.29, 0.717) is 11.4 Å². The average molecular weight is 720 g/mol. The molecule has 3 aromatic carbocycles. The van der Waals surface area contributed by atoms with Gasteiger partial charge in [-0.1, -0.05) is 35.3 Å². The van der Waals surface area contributed by atoms with Gasteiger partial charge < -0.3 is 30.6 Å². The molecule has 4 N–H and O–H groups in total. The lowest BCUT2D eigenvalue weighted by atomic mass is 9.84. The highest BCUT2D eigenvalue weighted by Crippen LogP contribution is 2.41. The molecule has 8 nitrogen and oxygen atoms in total. The molecule has 2 fully saturated rings. The van der Waals surface area contributed by atoms with Crippen LogP contribution in [0.4, 0.5) is 47.3 Å². The predicted molar refractivity (Wildman–Crippen MR) is 167 cm³/mol. The van der Waals surface area contributed by atoms with Gasteiger partial charge in [0, 0.05) is 37.6 Å². The van der Waals surface area contributed by atoms with Gasteiger partial charge in [0.25, 0.3) is 0 Å². The highest BCUT2D eigenvalue weighted by atomic mass is 35.5. The minimum Gasteiger partial charge on any atom is -0.385 e. The molecule has 0 radical (unpaired) electrons. The van der Waals surface area contributed by atoms with E-state index in [1.54, 1.807) is 24.3 Å². The van der Waals surface area contributed by atoms with Gasteiger partial charge in [0.15, 0.2) is 0 Å². The molecule has 2 aliphatic rings. The maximum Gasteiger partial charge on any atom is 0.417 e. The van der Waals surface area contributed by atoms with Gasteiger partial charge >= 0.3 is 24.4 Å². The van der Waals surface area contributed by atoms with Crippen LogP contribution in [0.25, 0.3) is 0 Å². The van der Waals surface area contributed by atoms with Crippen LogP contribution in [0.15, 0.2) is 60.7 Å². The molecule has 0 unspecified atom stereocenters. The lowest BCUT2D eigenvalue weighted by molar-refractivity contribution is -0.138. The molecule has 16 heteroatoms. The van der Waals surface area contributed by atoms with Crippen LogP contribution < -0.4 is 10.6 Å². The summed E-state index contributed by atoms with van der Waals surface area (Å²) in [6.07, 6.45) is -9.34. The fraction of sp³-hybridized carbons (Fsp3) is 0.375. The van der Waals surface area contributed by atoms with Crippen LogP contribution in [0, 0.1) is 0 Å². The average Bonchev–Trinajstić information content (AvgIpc) is 3.01. The Morgan fingerprint density at radius 3 is 1.21 bits per heavy atom. The van der Waals surface area contributed by atoms with E-state index in [9.17, 15) is 46.1 Å². The first kappa shape index (κ1) is 35.6. The first-order chi connectivity index (χ1) is 22.4. The number of benzene rings is 3. The second-order valence-corrected chi connectivity index (χ2v) is 12.7. The van der Waals surface area contributed by atoms with Crippen LogP contribution in [0.2, 0.25) is 10.0 Å². The minimum absolute atomic E-state index is 0.00646. The van der Waals surface area contributed by atoms with Crippen molar-refractivity contribution in [3.8, 4) is 0 Å². The number of rotatable bonds is 4. The lowest BCUT2D eigenvalue weighted by Crippen LogP contribution is -2.46. The Bertz CT molecular complexity index is 1550. The van der Waals surface area contributed by atoms with E-state index in [-0.39, 0.29) is 63.0 Å². The number of piperidine rings is 2. The number of hydrogen-bond donors (Lipinski definition) is 4. The Morgan fingerprint density at radius 1 is 0.604 bits per heavy atom. The summed E-state index contributed by atoms with van der Waals surface area (Å²) in [6.45, 7) is 0.305. The van der Waals surface area contributed by atoms with Crippen molar-refractivity contribution in [2.45, 2.75) is 49.2 Å². The van der Waals surface area contributed by atoms with Gasteiger partial charge in [-0.3, -0.25) is 0 Å². The van der Waals surface area contributed by atoms with E-state index in [4.69, 9.17) is 23.2 Å². The number of hydrogen-bond acceptors (Lipinski definition) is 4. The summed E-state index contributed by atoms with van der Waals surface area (Å²) in [5, 5.41) is 26.6. The fourth-order valence-corrected chi connectivity index (χ4v) is 6.29. The Morgan fingerprint density at radius 2 is 0.917 bits per heavy atom. The second kappa shape index (κ2) is 13.3. The number of halogens is 8. The van der Waals surface area contributed by atoms with E-state index < -0.39 is 56.8 Å². The number of urea groups is 2. The number of anilines is 2. The molecule has 0 aliphatic carbocycles. The minimum atomic E-state index is -4.68. The Balaban J connectivity index is 1.11. The van der Waals surface area contributed by atoms with Crippen LogP contribution in [0.1, 0.15) is 47.9 Å². The zero-order valence-corrected chi connectivity index (χ0v) is 26.6. The van der Waals surface area contributed by atoms with Gasteiger partial charge in [0.05, 0.1) is 32.4 Å². The van der Waals surface area contributed by atoms with E-state index in [0.717, 1.165) is 24.3 Å². The molecular weight excluding hydrogens is 689 g/mol. The summed E-state index contributed by atoms with van der Waals surface area (Å²) in [7, 11) is 0. The maximum atomic E-state index is 13.3. The Kier molecular flexibility index (Phi) is 9.86. The SMILES string of the molecule is O=C(Nc1ccc(NC(=O)N2CCC(O)(c3ccc(Cl)c(C(F)(F)F)c3)CC2)cc1)N1CCC(O)(c2ccc(Cl)c(C(F)(F)F)c2)CC1. The number of nitrogens with zero attached hydrogens (tertiary/aromatic N) is 2. The molecule has 2 saturated heterocycles. The van der Waals surface area contributed by atoms with Crippen molar-refractivity contribution in [1.29, 1.82) is 0 Å². The zero-order chi connectivity index (χ0) is 35.1. The van der Waals surface area contributed by atoms with Crippen LogP contribution in [0.3, 0.4) is 0 Å². The highest BCUT2D eigenvalue weighted by Gasteiger charge is 2.41. The van der Waals surface area contributed by atoms with Gasteiger partial charge in [-0.25, -0.2) is 9.59 Å². The molecule has 2 aliphatic heterocycles. The molecule has 0 saturated carbocycles. The van der Waals surface area contributed by atoms with Crippen LogP contribution >= 0.6 is 23.2 Å². The second-order valence-electron chi connectivity index (χ2n) is 11.9. The summed E-state index contributed by atoms with van der Waals surface area (Å²) in [6, 6.07) is 11.8. The normalized spacial score (nSPS) is 18.0. The topological polar surface area (TPSA) is 105 Å². The first-order valence-electron chi connectivity index (χ1n) is 14.8. The van der Waals surface area contributed by atoms with Crippen molar-refractivity contribution in [3.63, 3.8) is 0 Å². The quantitative estimate of drug-likeness (QED) is 0.205. The first-order valence-corrected chi connectivity index (χ1v) is 15.5. The molecule has 5 rings (SSSR count). The van der Waals surface area contributed by atoms with Gasteiger partial charge in [0.1, 0.15) is 0 Å². The Labute approximate surface area is 281 Å². The predicted octanol–water partition coefficient (Wildman–Crippen LogP) is 8.06. The monoisotopic (exact) mass is 718 g/mol. The van der Waals surface area contributed by atoms with E-state index in [2.05, 4.69) is 10.6 Å². The number of alkyl halides is 6. The Hall–Kier alpha value is -3.72. The van der Waals surface area contributed by atoms with Crippen molar-refractivity contribution in [2.75, 3.05) is 36.8 Å². The van der Waals surface area contributed by atoms with Gasteiger partial charge in [0.2, 0.25) is 0 Å². The van der Waals surface area contributed by atoms with E-state index in [1.807, 2.05) is 0 Å². The van der Waals surface area contributed by atoms with Crippen molar-refractivity contribution in [2.24, 2.45) is 0 Å².